The number of aromatic nitrogens is 2. The smallest absolute Gasteiger partial charge is 0.326 e. The van der Waals surface area contributed by atoms with E-state index in [2.05, 4.69) is 15.7 Å². The number of aromatic amines is 1. The van der Waals surface area contributed by atoms with Crippen LogP contribution in [-0.2, 0) is 11.3 Å². The van der Waals surface area contributed by atoms with E-state index in [0.29, 0.717) is 16.6 Å². The van der Waals surface area contributed by atoms with Gasteiger partial charge in [-0.1, -0.05) is 24.3 Å². The van der Waals surface area contributed by atoms with Crippen LogP contribution in [-0.4, -0.2) is 15.5 Å². The van der Waals surface area contributed by atoms with E-state index in [1.807, 2.05) is 35.7 Å². The van der Waals surface area contributed by atoms with Crippen LogP contribution in [0.15, 0.2) is 74.9 Å². The Hall–Kier alpha value is -3.45. The maximum Gasteiger partial charge on any atom is 0.328 e. The minimum atomic E-state index is -0.518. The minimum absolute atomic E-state index is 0.110. The van der Waals surface area contributed by atoms with Crippen molar-refractivity contribution in [1.29, 1.82) is 0 Å². The van der Waals surface area contributed by atoms with Gasteiger partial charge in [-0.2, -0.15) is 11.3 Å². The van der Waals surface area contributed by atoms with Gasteiger partial charge in [0.05, 0.1) is 10.9 Å². The molecule has 2 aromatic heterocycles. The first kappa shape index (κ1) is 17.9. The highest BCUT2D eigenvalue weighted by Gasteiger charge is 2.10. The second-order valence-electron chi connectivity index (χ2n) is 6.32. The van der Waals surface area contributed by atoms with Crippen LogP contribution in [0.2, 0.25) is 0 Å². The van der Waals surface area contributed by atoms with Crippen LogP contribution in [0, 0.1) is 0 Å². The Bertz CT molecular complexity index is 1260. The summed E-state index contributed by atoms with van der Waals surface area (Å²) in [5.41, 5.74) is 2.41. The van der Waals surface area contributed by atoms with Gasteiger partial charge >= 0.3 is 5.69 Å². The standard InChI is InChI=1S/C21H17N3O3S/c25-19(22-16-5-3-4-14(12-16)15-9-11-28-13-15)8-10-24-18-7-2-1-6-17(18)20(26)23-21(24)27/h1-7,9,11-13H,8,10H2,(H,22,25)(H,23,26,27). The van der Waals surface area contributed by atoms with Crippen LogP contribution >= 0.6 is 11.3 Å². The molecule has 0 aliphatic carbocycles. The summed E-state index contributed by atoms with van der Waals surface area (Å²) in [6.07, 6.45) is 0.110. The highest BCUT2D eigenvalue weighted by Crippen LogP contribution is 2.24. The van der Waals surface area contributed by atoms with Crippen LogP contribution in [0.4, 0.5) is 5.69 Å². The lowest BCUT2D eigenvalue weighted by molar-refractivity contribution is -0.116. The van der Waals surface area contributed by atoms with Crippen molar-refractivity contribution in [3.63, 3.8) is 0 Å². The molecule has 0 aliphatic heterocycles. The molecule has 0 saturated heterocycles. The van der Waals surface area contributed by atoms with Gasteiger partial charge in [-0.05, 0) is 52.2 Å². The fourth-order valence-corrected chi connectivity index (χ4v) is 3.77. The normalized spacial score (nSPS) is 10.9. The van der Waals surface area contributed by atoms with Crippen molar-refractivity contribution in [2.45, 2.75) is 13.0 Å². The third-order valence-corrected chi connectivity index (χ3v) is 5.15. The van der Waals surface area contributed by atoms with Gasteiger partial charge < -0.3 is 5.32 Å². The van der Waals surface area contributed by atoms with E-state index in [-0.39, 0.29) is 18.9 Å². The summed E-state index contributed by atoms with van der Waals surface area (Å²) < 4.78 is 1.41. The molecule has 0 bridgehead atoms. The summed E-state index contributed by atoms with van der Waals surface area (Å²) in [5.74, 6) is -0.204. The van der Waals surface area contributed by atoms with Crippen molar-refractivity contribution in [2.75, 3.05) is 5.32 Å². The Labute approximate surface area is 164 Å². The van der Waals surface area contributed by atoms with Crippen LogP contribution in [0.5, 0.6) is 0 Å². The highest BCUT2D eigenvalue weighted by molar-refractivity contribution is 7.08. The fourth-order valence-electron chi connectivity index (χ4n) is 3.11. The monoisotopic (exact) mass is 391 g/mol. The predicted octanol–water partition coefficient (Wildman–Crippen LogP) is 3.45. The lowest BCUT2D eigenvalue weighted by Crippen LogP contribution is -2.31. The Balaban J connectivity index is 1.50. The summed E-state index contributed by atoms with van der Waals surface area (Å²) in [4.78, 5) is 38.8. The minimum Gasteiger partial charge on any atom is -0.326 e. The summed E-state index contributed by atoms with van der Waals surface area (Å²) >= 11 is 1.62. The zero-order valence-corrected chi connectivity index (χ0v) is 15.7. The molecule has 0 fully saturated rings. The van der Waals surface area contributed by atoms with E-state index in [1.165, 1.54) is 4.57 Å². The second kappa shape index (κ2) is 7.66. The summed E-state index contributed by atoms with van der Waals surface area (Å²) in [7, 11) is 0. The second-order valence-corrected chi connectivity index (χ2v) is 7.10. The quantitative estimate of drug-likeness (QED) is 0.547. The highest BCUT2D eigenvalue weighted by atomic mass is 32.1. The molecule has 0 aliphatic rings. The number of rotatable bonds is 5. The number of H-pyrrole nitrogens is 1. The molecule has 2 aromatic carbocycles. The zero-order valence-electron chi connectivity index (χ0n) is 14.8. The molecule has 2 heterocycles. The number of carbonyl (C=O) groups excluding carboxylic acids is 1. The predicted molar refractivity (Wildman–Crippen MR) is 112 cm³/mol. The topological polar surface area (TPSA) is 84.0 Å². The number of nitrogens with zero attached hydrogens (tertiary/aromatic N) is 1. The van der Waals surface area contributed by atoms with Gasteiger partial charge in [0.2, 0.25) is 5.91 Å². The van der Waals surface area contributed by atoms with Gasteiger partial charge in [0.25, 0.3) is 5.56 Å². The van der Waals surface area contributed by atoms with E-state index in [9.17, 15) is 14.4 Å². The number of nitrogens with one attached hydrogen (secondary N) is 2. The number of aryl methyl sites for hydroxylation is 1. The van der Waals surface area contributed by atoms with E-state index in [0.717, 1.165) is 11.1 Å². The summed E-state index contributed by atoms with van der Waals surface area (Å²) in [5, 5.41) is 7.35. The van der Waals surface area contributed by atoms with E-state index < -0.39 is 11.2 Å². The number of fused-ring (bicyclic) bond motifs is 1. The molecule has 28 heavy (non-hydrogen) atoms. The van der Waals surface area contributed by atoms with Crippen LogP contribution in [0.3, 0.4) is 0 Å². The van der Waals surface area contributed by atoms with Gasteiger partial charge in [0.1, 0.15) is 0 Å². The lowest BCUT2D eigenvalue weighted by Gasteiger charge is -2.10. The number of amides is 1. The molecule has 0 radical (unpaired) electrons. The zero-order chi connectivity index (χ0) is 19.5. The van der Waals surface area contributed by atoms with Crippen molar-refractivity contribution in [1.82, 2.24) is 9.55 Å². The number of hydrogen-bond donors (Lipinski definition) is 2. The number of benzene rings is 2. The SMILES string of the molecule is O=C(CCn1c(=O)[nH]c(=O)c2ccccc21)Nc1cccc(-c2ccsc2)c1. The van der Waals surface area contributed by atoms with Crippen molar-refractivity contribution >= 4 is 33.8 Å². The third-order valence-electron chi connectivity index (χ3n) is 4.47. The van der Waals surface area contributed by atoms with Crippen LogP contribution < -0.4 is 16.6 Å². The molecule has 0 spiro atoms. The van der Waals surface area contributed by atoms with Gasteiger partial charge in [0, 0.05) is 18.7 Å². The summed E-state index contributed by atoms with van der Waals surface area (Å²) in [6, 6.07) is 16.5. The molecule has 0 saturated carbocycles. The fraction of sp³-hybridized carbons (Fsp3) is 0.0952. The Kier molecular flexibility index (Phi) is 4.90. The van der Waals surface area contributed by atoms with Crippen molar-refractivity contribution < 1.29 is 4.79 Å². The van der Waals surface area contributed by atoms with Crippen LogP contribution in [0.1, 0.15) is 6.42 Å². The van der Waals surface area contributed by atoms with Gasteiger partial charge in [-0.15, -0.1) is 0 Å². The van der Waals surface area contributed by atoms with Gasteiger partial charge in [-0.25, -0.2) is 4.79 Å². The molecule has 6 nitrogen and oxygen atoms in total. The van der Waals surface area contributed by atoms with E-state index >= 15 is 0 Å². The maximum atomic E-state index is 12.4. The molecule has 1 amide bonds. The molecule has 140 valence electrons. The largest absolute Gasteiger partial charge is 0.328 e. The van der Waals surface area contributed by atoms with Crippen molar-refractivity contribution in [2.24, 2.45) is 0 Å². The number of para-hydroxylation sites is 1. The summed E-state index contributed by atoms with van der Waals surface area (Å²) in [6.45, 7) is 0.173. The number of thiophene rings is 1. The van der Waals surface area contributed by atoms with Crippen LogP contribution in [0.25, 0.3) is 22.0 Å². The molecule has 7 heteroatoms. The Morgan fingerprint density at radius 1 is 1.04 bits per heavy atom. The van der Waals surface area contributed by atoms with Crippen molar-refractivity contribution in [3.8, 4) is 11.1 Å². The molecule has 2 N–H and O–H groups in total. The lowest BCUT2D eigenvalue weighted by atomic mass is 10.1. The Morgan fingerprint density at radius 3 is 2.71 bits per heavy atom. The maximum absolute atomic E-state index is 12.4. The molecule has 0 atom stereocenters. The van der Waals surface area contributed by atoms with Crippen molar-refractivity contribution in [3.05, 3.63) is 86.2 Å². The average Bonchev–Trinajstić information content (AvgIpc) is 3.23. The molecule has 0 unspecified atom stereocenters. The molecule has 4 aromatic rings. The average molecular weight is 391 g/mol. The third kappa shape index (κ3) is 3.65. The van der Waals surface area contributed by atoms with Gasteiger partial charge in [-0.3, -0.25) is 19.1 Å². The number of hydrogen-bond acceptors (Lipinski definition) is 4. The van der Waals surface area contributed by atoms with E-state index in [4.69, 9.17) is 0 Å². The molecular weight excluding hydrogens is 374 g/mol. The first-order chi connectivity index (χ1) is 13.6. The molecular formula is C21H17N3O3S. The van der Waals surface area contributed by atoms with Gasteiger partial charge in [0.15, 0.2) is 0 Å². The van der Waals surface area contributed by atoms with E-state index in [1.54, 1.807) is 35.6 Å². The number of anilines is 1. The first-order valence-corrected chi connectivity index (χ1v) is 9.70. The first-order valence-electron chi connectivity index (χ1n) is 8.76. The number of carbonyl (C=O) groups is 1. The molecule has 4 rings (SSSR count). The Morgan fingerprint density at radius 2 is 1.89 bits per heavy atom.